The van der Waals surface area contributed by atoms with Crippen LogP contribution in [-0.4, -0.2) is 44.8 Å². The van der Waals surface area contributed by atoms with Gasteiger partial charge >= 0.3 is 0 Å². The minimum absolute atomic E-state index is 0. The Labute approximate surface area is 110 Å². The smallest absolute Gasteiger partial charge is 0.0593 e. The minimum atomic E-state index is 0. The van der Waals surface area contributed by atoms with Crippen molar-refractivity contribution in [2.24, 2.45) is 5.73 Å². The van der Waals surface area contributed by atoms with Crippen LogP contribution in [0.3, 0.4) is 0 Å². The Morgan fingerprint density at radius 2 is 1.82 bits per heavy atom. The summed E-state index contributed by atoms with van der Waals surface area (Å²) in [4.78, 5) is 2.28. The quantitative estimate of drug-likeness (QED) is 0.720. The number of likely N-dealkylation sites (N-methyl/N-ethyl adjacent to an activating group) is 1. The van der Waals surface area contributed by atoms with Gasteiger partial charge in [0.15, 0.2) is 0 Å². The molecule has 3 nitrogen and oxygen atoms in total. The number of hydrogen-bond acceptors (Lipinski definition) is 3. The van der Waals surface area contributed by atoms with Gasteiger partial charge in [0.25, 0.3) is 0 Å². The van der Waals surface area contributed by atoms with Crippen LogP contribution in [-0.2, 0) is 11.2 Å². The second-order valence-corrected chi connectivity index (χ2v) is 3.94. The van der Waals surface area contributed by atoms with E-state index in [2.05, 4.69) is 36.2 Å². The Morgan fingerprint density at radius 3 is 2.47 bits per heavy atom. The molecule has 1 aromatic rings. The summed E-state index contributed by atoms with van der Waals surface area (Å²) >= 11 is 0. The maximum atomic E-state index is 5.34. The highest BCUT2D eigenvalue weighted by molar-refractivity contribution is 5.85. The molecule has 0 saturated heterocycles. The van der Waals surface area contributed by atoms with Crippen molar-refractivity contribution >= 4 is 12.4 Å². The summed E-state index contributed by atoms with van der Waals surface area (Å²) in [5.74, 6) is 0. The number of nitrogens with zero attached hydrogens (tertiary/aromatic N) is 1. The first kappa shape index (κ1) is 16.4. The van der Waals surface area contributed by atoms with Gasteiger partial charge in [-0.05, 0) is 19.0 Å². The second kappa shape index (κ2) is 10.5. The zero-order chi connectivity index (χ0) is 11.6. The van der Waals surface area contributed by atoms with Gasteiger partial charge in [0, 0.05) is 19.6 Å². The largest absolute Gasteiger partial charge is 0.379 e. The maximum absolute atomic E-state index is 5.34. The van der Waals surface area contributed by atoms with E-state index in [1.165, 1.54) is 5.56 Å². The first-order valence-electron chi connectivity index (χ1n) is 5.83. The average molecular weight is 259 g/mol. The van der Waals surface area contributed by atoms with E-state index < -0.39 is 0 Å². The fraction of sp³-hybridized carbons (Fsp3) is 0.538. The van der Waals surface area contributed by atoms with Gasteiger partial charge in [-0.1, -0.05) is 30.3 Å². The number of benzene rings is 1. The lowest BCUT2D eigenvalue weighted by Crippen LogP contribution is -2.26. The third-order valence-electron chi connectivity index (χ3n) is 2.50. The van der Waals surface area contributed by atoms with Gasteiger partial charge in [-0.3, -0.25) is 0 Å². The summed E-state index contributed by atoms with van der Waals surface area (Å²) in [6.07, 6.45) is 1.09. The molecule has 4 heteroatoms. The van der Waals surface area contributed by atoms with Crippen LogP contribution in [0.4, 0.5) is 0 Å². The standard InChI is InChI=1S/C13H22N2O.ClH/c1-15(10-12-16-11-8-14)9-7-13-5-3-2-4-6-13;/h2-6H,7-12,14H2,1H3;1H. The highest BCUT2D eigenvalue weighted by Gasteiger charge is 1.98. The second-order valence-electron chi connectivity index (χ2n) is 3.94. The number of rotatable bonds is 8. The summed E-state index contributed by atoms with van der Waals surface area (Å²) in [7, 11) is 2.12. The lowest BCUT2D eigenvalue weighted by atomic mass is 10.1. The van der Waals surface area contributed by atoms with Crippen LogP contribution in [0.1, 0.15) is 5.56 Å². The van der Waals surface area contributed by atoms with Gasteiger partial charge in [0.1, 0.15) is 0 Å². The molecular formula is C13H23ClN2O. The molecule has 0 aromatic heterocycles. The first-order valence-corrected chi connectivity index (χ1v) is 5.83. The Morgan fingerprint density at radius 1 is 1.12 bits per heavy atom. The molecule has 0 atom stereocenters. The monoisotopic (exact) mass is 258 g/mol. The topological polar surface area (TPSA) is 38.5 Å². The van der Waals surface area contributed by atoms with Crippen LogP contribution in [0.25, 0.3) is 0 Å². The van der Waals surface area contributed by atoms with Crippen LogP contribution in [0.2, 0.25) is 0 Å². The zero-order valence-corrected chi connectivity index (χ0v) is 11.3. The van der Waals surface area contributed by atoms with Gasteiger partial charge in [-0.25, -0.2) is 0 Å². The average Bonchev–Trinajstić information content (AvgIpc) is 2.33. The highest BCUT2D eigenvalue weighted by atomic mass is 35.5. The van der Waals surface area contributed by atoms with Crippen LogP contribution >= 0.6 is 12.4 Å². The maximum Gasteiger partial charge on any atom is 0.0593 e. The van der Waals surface area contributed by atoms with E-state index >= 15 is 0 Å². The van der Waals surface area contributed by atoms with Crippen molar-refractivity contribution in [1.29, 1.82) is 0 Å². The van der Waals surface area contributed by atoms with Crippen molar-refractivity contribution in [3.05, 3.63) is 35.9 Å². The highest BCUT2D eigenvalue weighted by Crippen LogP contribution is 2.00. The zero-order valence-electron chi connectivity index (χ0n) is 10.5. The van der Waals surface area contributed by atoms with E-state index in [1.54, 1.807) is 0 Å². The normalized spacial score (nSPS) is 10.3. The number of hydrogen-bond donors (Lipinski definition) is 1. The molecule has 0 fully saturated rings. The molecule has 0 bridgehead atoms. The summed E-state index contributed by atoms with van der Waals surface area (Å²) in [5.41, 5.74) is 6.73. The molecule has 2 N–H and O–H groups in total. The van der Waals surface area contributed by atoms with Crippen molar-refractivity contribution in [1.82, 2.24) is 4.90 Å². The Kier molecular flexibility index (Phi) is 10.2. The molecule has 0 spiro atoms. The van der Waals surface area contributed by atoms with Crippen molar-refractivity contribution < 1.29 is 4.74 Å². The van der Waals surface area contributed by atoms with E-state index in [1.807, 2.05) is 6.07 Å². The first-order chi connectivity index (χ1) is 7.83. The van der Waals surface area contributed by atoms with Gasteiger partial charge in [0.05, 0.1) is 13.2 Å². The minimum Gasteiger partial charge on any atom is -0.379 e. The van der Waals surface area contributed by atoms with E-state index in [9.17, 15) is 0 Å². The van der Waals surface area contributed by atoms with E-state index in [0.29, 0.717) is 13.2 Å². The van der Waals surface area contributed by atoms with Crippen molar-refractivity contribution in [2.45, 2.75) is 6.42 Å². The van der Waals surface area contributed by atoms with E-state index in [-0.39, 0.29) is 12.4 Å². The summed E-state index contributed by atoms with van der Waals surface area (Å²) in [6, 6.07) is 10.5. The summed E-state index contributed by atoms with van der Waals surface area (Å²) in [5, 5.41) is 0. The fourth-order valence-corrected chi connectivity index (χ4v) is 1.48. The number of ether oxygens (including phenoxy) is 1. The van der Waals surface area contributed by atoms with Crippen LogP contribution in [0.5, 0.6) is 0 Å². The Balaban J connectivity index is 0.00000256. The van der Waals surface area contributed by atoms with Gasteiger partial charge in [-0.2, -0.15) is 0 Å². The predicted molar refractivity (Wildman–Crippen MR) is 74.8 cm³/mol. The van der Waals surface area contributed by atoms with Crippen molar-refractivity contribution in [3.8, 4) is 0 Å². The van der Waals surface area contributed by atoms with Crippen LogP contribution < -0.4 is 5.73 Å². The Hall–Kier alpha value is -0.610. The lowest BCUT2D eigenvalue weighted by molar-refractivity contribution is 0.118. The molecular weight excluding hydrogens is 236 g/mol. The summed E-state index contributed by atoms with van der Waals surface area (Å²) in [6.45, 7) is 4.06. The lowest BCUT2D eigenvalue weighted by Gasteiger charge is -2.16. The van der Waals surface area contributed by atoms with Gasteiger partial charge in [0.2, 0.25) is 0 Å². The molecule has 0 unspecified atom stereocenters. The molecule has 0 aliphatic rings. The molecule has 0 aliphatic heterocycles. The van der Waals surface area contributed by atoms with Crippen molar-refractivity contribution in [2.75, 3.05) is 39.9 Å². The summed E-state index contributed by atoms with van der Waals surface area (Å²) < 4.78 is 5.34. The number of nitrogens with two attached hydrogens (primary N) is 1. The number of halogens is 1. The Bertz CT molecular complexity index is 269. The molecule has 0 radical (unpaired) electrons. The molecule has 98 valence electrons. The SMILES string of the molecule is CN(CCOCCN)CCc1ccccc1.Cl. The fourth-order valence-electron chi connectivity index (χ4n) is 1.48. The molecule has 1 rings (SSSR count). The van der Waals surface area contributed by atoms with E-state index in [0.717, 1.165) is 26.1 Å². The molecule has 1 aromatic carbocycles. The molecule has 17 heavy (non-hydrogen) atoms. The molecule has 0 saturated carbocycles. The van der Waals surface area contributed by atoms with Gasteiger partial charge in [-0.15, -0.1) is 12.4 Å². The molecule has 0 aliphatic carbocycles. The molecule has 0 heterocycles. The van der Waals surface area contributed by atoms with Crippen LogP contribution in [0, 0.1) is 0 Å². The third kappa shape index (κ3) is 8.16. The molecule has 0 amide bonds. The van der Waals surface area contributed by atoms with E-state index in [4.69, 9.17) is 10.5 Å². The third-order valence-corrected chi connectivity index (χ3v) is 2.50. The predicted octanol–water partition coefficient (Wildman–Crippen LogP) is 1.56. The van der Waals surface area contributed by atoms with Gasteiger partial charge < -0.3 is 15.4 Å². The van der Waals surface area contributed by atoms with Crippen molar-refractivity contribution in [3.63, 3.8) is 0 Å². The van der Waals surface area contributed by atoms with Crippen LogP contribution in [0.15, 0.2) is 30.3 Å².